The number of hydrogen-bond donors (Lipinski definition) is 1. The van der Waals surface area contributed by atoms with Crippen molar-refractivity contribution in [2.45, 2.75) is 51.0 Å². The molecule has 2 saturated heterocycles. The molecule has 3 rings (SSSR count). The number of fused-ring (bicyclic) bond motifs is 1. The molecule has 3 unspecified atom stereocenters. The van der Waals surface area contributed by atoms with Gasteiger partial charge in [-0.3, -0.25) is 9.59 Å². The van der Waals surface area contributed by atoms with Crippen LogP contribution in [0.15, 0.2) is 0 Å². The van der Waals surface area contributed by atoms with Gasteiger partial charge in [0.2, 0.25) is 11.8 Å². The van der Waals surface area contributed by atoms with Crippen molar-refractivity contribution in [1.29, 1.82) is 0 Å². The predicted octanol–water partition coefficient (Wildman–Crippen LogP) is 1.01. The van der Waals surface area contributed by atoms with Crippen LogP contribution in [0, 0.1) is 11.8 Å². The molecule has 0 spiro atoms. The molecule has 118 valence electrons. The number of amides is 2. The molecule has 0 aromatic heterocycles. The summed E-state index contributed by atoms with van der Waals surface area (Å²) >= 11 is 0. The first kappa shape index (κ1) is 14.8. The van der Waals surface area contributed by atoms with Crippen molar-refractivity contribution in [3.05, 3.63) is 0 Å². The quantitative estimate of drug-likeness (QED) is 0.827. The highest BCUT2D eigenvalue weighted by atomic mass is 16.3. The second kappa shape index (κ2) is 5.59. The minimum Gasteiger partial charge on any atom is -0.389 e. The van der Waals surface area contributed by atoms with Crippen LogP contribution in [0.25, 0.3) is 0 Å². The maximum atomic E-state index is 12.7. The van der Waals surface area contributed by atoms with Crippen molar-refractivity contribution >= 4 is 11.8 Å². The van der Waals surface area contributed by atoms with E-state index in [2.05, 4.69) is 0 Å². The second-order valence-corrected chi connectivity index (χ2v) is 6.91. The molecule has 3 atom stereocenters. The topological polar surface area (TPSA) is 60.9 Å². The van der Waals surface area contributed by atoms with Crippen LogP contribution in [0.4, 0.5) is 0 Å². The molecular formula is C16H26N2O3. The molecule has 1 N–H and O–H groups in total. The van der Waals surface area contributed by atoms with Crippen LogP contribution in [-0.2, 0) is 9.59 Å². The minimum absolute atomic E-state index is 0.0991. The minimum atomic E-state index is -0.546. The third kappa shape index (κ3) is 2.68. The van der Waals surface area contributed by atoms with E-state index < -0.39 is 5.60 Å². The monoisotopic (exact) mass is 294 g/mol. The zero-order valence-corrected chi connectivity index (χ0v) is 12.9. The summed E-state index contributed by atoms with van der Waals surface area (Å²) in [5, 5.41) is 10.7. The molecule has 2 heterocycles. The van der Waals surface area contributed by atoms with E-state index in [1.54, 1.807) is 4.90 Å². The van der Waals surface area contributed by atoms with Crippen LogP contribution >= 0.6 is 0 Å². The molecule has 0 radical (unpaired) electrons. The standard InChI is InChI=1S/C16H26N2O3/c1-2-17-10-12(9-14(17)19)15(20)18-8-7-16(21)6-4-3-5-13(16)11-18/h12-13,21H,2-11H2,1H3. The van der Waals surface area contributed by atoms with Crippen LogP contribution in [0.3, 0.4) is 0 Å². The molecule has 5 heteroatoms. The number of likely N-dealkylation sites (tertiary alicyclic amines) is 2. The first-order valence-electron chi connectivity index (χ1n) is 8.32. The summed E-state index contributed by atoms with van der Waals surface area (Å²) in [5.41, 5.74) is -0.546. The lowest BCUT2D eigenvalue weighted by Gasteiger charge is -2.47. The van der Waals surface area contributed by atoms with Crippen molar-refractivity contribution in [3.8, 4) is 0 Å². The highest BCUT2D eigenvalue weighted by molar-refractivity contribution is 5.89. The van der Waals surface area contributed by atoms with Gasteiger partial charge in [-0.2, -0.15) is 0 Å². The van der Waals surface area contributed by atoms with Crippen molar-refractivity contribution in [1.82, 2.24) is 9.80 Å². The Labute approximate surface area is 126 Å². The fraction of sp³-hybridized carbons (Fsp3) is 0.875. The fourth-order valence-electron chi connectivity index (χ4n) is 4.27. The van der Waals surface area contributed by atoms with Crippen LogP contribution in [-0.4, -0.2) is 58.5 Å². The van der Waals surface area contributed by atoms with Gasteiger partial charge in [0.1, 0.15) is 0 Å². The third-order valence-electron chi connectivity index (χ3n) is 5.68. The van der Waals surface area contributed by atoms with Gasteiger partial charge < -0.3 is 14.9 Å². The lowest BCUT2D eigenvalue weighted by molar-refractivity contribution is -0.147. The Morgan fingerprint density at radius 1 is 1.33 bits per heavy atom. The Kier molecular flexibility index (Phi) is 3.95. The largest absolute Gasteiger partial charge is 0.389 e. The van der Waals surface area contributed by atoms with Crippen molar-refractivity contribution in [2.24, 2.45) is 11.8 Å². The summed E-state index contributed by atoms with van der Waals surface area (Å²) in [6.07, 6.45) is 5.21. The number of hydrogen-bond acceptors (Lipinski definition) is 3. The Morgan fingerprint density at radius 2 is 2.14 bits per heavy atom. The van der Waals surface area contributed by atoms with E-state index in [9.17, 15) is 14.7 Å². The van der Waals surface area contributed by atoms with Gasteiger partial charge in [-0.1, -0.05) is 12.8 Å². The molecule has 1 aliphatic carbocycles. The summed E-state index contributed by atoms with van der Waals surface area (Å²) in [6, 6.07) is 0. The molecule has 21 heavy (non-hydrogen) atoms. The molecule has 2 amide bonds. The van der Waals surface area contributed by atoms with Gasteiger partial charge in [0.05, 0.1) is 11.5 Å². The van der Waals surface area contributed by atoms with E-state index in [4.69, 9.17) is 0 Å². The smallest absolute Gasteiger partial charge is 0.228 e. The van der Waals surface area contributed by atoms with Gasteiger partial charge in [-0.15, -0.1) is 0 Å². The van der Waals surface area contributed by atoms with Gasteiger partial charge in [-0.25, -0.2) is 0 Å². The predicted molar refractivity (Wildman–Crippen MR) is 78.5 cm³/mol. The zero-order valence-electron chi connectivity index (χ0n) is 12.9. The SMILES string of the molecule is CCN1CC(C(=O)N2CCC3(O)CCCCC3C2)CC1=O. The van der Waals surface area contributed by atoms with Gasteiger partial charge in [0.15, 0.2) is 0 Å². The molecule has 0 aromatic carbocycles. The van der Waals surface area contributed by atoms with Crippen LogP contribution in [0.5, 0.6) is 0 Å². The summed E-state index contributed by atoms with van der Waals surface area (Å²) in [5.74, 6) is 0.268. The van der Waals surface area contributed by atoms with E-state index >= 15 is 0 Å². The Morgan fingerprint density at radius 3 is 2.86 bits per heavy atom. The van der Waals surface area contributed by atoms with E-state index in [-0.39, 0.29) is 23.7 Å². The molecule has 5 nitrogen and oxygen atoms in total. The summed E-state index contributed by atoms with van der Waals surface area (Å²) < 4.78 is 0. The number of carbonyl (C=O) groups is 2. The molecular weight excluding hydrogens is 268 g/mol. The molecule has 3 aliphatic rings. The van der Waals surface area contributed by atoms with Gasteiger partial charge in [0, 0.05) is 38.5 Å². The van der Waals surface area contributed by atoms with Crippen LogP contribution in [0.2, 0.25) is 0 Å². The Balaban J connectivity index is 1.63. The van der Waals surface area contributed by atoms with Gasteiger partial charge in [0.25, 0.3) is 0 Å². The van der Waals surface area contributed by atoms with E-state index in [1.807, 2.05) is 11.8 Å². The maximum absolute atomic E-state index is 12.7. The number of rotatable bonds is 2. The van der Waals surface area contributed by atoms with E-state index in [0.29, 0.717) is 39.0 Å². The first-order valence-corrected chi connectivity index (χ1v) is 8.32. The van der Waals surface area contributed by atoms with E-state index in [0.717, 1.165) is 25.7 Å². The number of carbonyl (C=O) groups excluding carboxylic acids is 2. The lowest BCUT2D eigenvalue weighted by Crippen LogP contribution is -2.55. The van der Waals surface area contributed by atoms with Crippen LogP contribution < -0.4 is 0 Å². The summed E-state index contributed by atoms with van der Waals surface area (Å²) in [4.78, 5) is 28.1. The van der Waals surface area contributed by atoms with E-state index in [1.165, 1.54) is 0 Å². The molecule has 3 fully saturated rings. The second-order valence-electron chi connectivity index (χ2n) is 6.91. The summed E-state index contributed by atoms with van der Waals surface area (Å²) in [6.45, 7) is 4.52. The molecule has 1 saturated carbocycles. The average molecular weight is 294 g/mol. The number of aliphatic hydroxyl groups is 1. The third-order valence-corrected chi connectivity index (χ3v) is 5.68. The Hall–Kier alpha value is -1.10. The maximum Gasteiger partial charge on any atom is 0.228 e. The molecule has 0 bridgehead atoms. The molecule has 2 aliphatic heterocycles. The van der Waals surface area contributed by atoms with Crippen molar-refractivity contribution < 1.29 is 14.7 Å². The molecule has 0 aromatic rings. The highest BCUT2D eigenvalue weighted by Crippen LogP contribution is 2.40. The highest BCUT2D eigenvalue weighted by Gasteiger charge is 2.45. The van der Waals surface area contributed by atoms with Crippen LogP contribution in [0.1, 0.15) is 45.4 Å². The van der Waals surface area contributed by atoms with Crippen molar-refractivity contribution in [3.63, 3.8) is 0 Å². The summed E-state index contributed by atoms with van der Waals surface area (Å²) in [7, 11) is 0. The number of nitrogens with zero attached hydrogens (tertiary/aromatic N) is 2. The fourth-order valence-corrected chi connectivity index (χ4v) is 4.27. The normalized spacial score (nSPS) is 36.8. The first-order chi connectivity index (χ1) is 10.0. The Bertz CT molecular complexity index is 439. The lowest BCUT2D eigenvalue weighted by atomic mass is 9.71. The number of piperidine rings is 1. The van der Waals surface area contributed by atoms with Gasteiger partial charge in [-0.05, 0) is 26.2 Å². The van der Waals surface area contributed by atoms with Gasteiger partial charge >= 0.3 is 0 Å². The average Bonchev–Trinajstić information content (AvgIpc) is 2.86. The van der Waals surface area contributed by atoms with Crippen molar-refractivity contribution in [2.75, 3.05) is 26.2 Å². The zero-order chi connectivity index (χ0) is 15.0.